The second kappa shape index (κ2) is 9.16. The second-order valence-electron chi connectivity index (χ2n) is 12.2. The normalized spacial score (nSPS) is 16.5. The molecule has 2 aliphatic heterocycles. The molecule has 0 aliphatic carbocycles. The number of nitrogens with zero attached hydrogens (tertiary/aromatic N) is 3. The molecule has 5 aromatic carbocycles. The van der Waals surface area contributed by atoms with Crippen molar-refractivity contribution in [3.63, 3.8) is 0 Å². The standard InChI is InChI=1S/C37H31N3O2/c38-22-31-36-29-17-23-7-9-27(39-11-3-1-4-12-39)15-25(23)19-32(29)41-34(36)21-35-37(31)30-18-24-8-10-28(40-13-5-2-6-14-40)16-26(24)20-33(30)42-35/h7-10,15-21H,1-6,11-14H2. The van der Waals surface area contributed by atoms with Crippen LogP contribution in [0.5, 0.6) is 0 Å². The number of hydrogen-bond acceptors (Lipinski definition) is 5. The van der Waals surface area contributed by atoms with Crippen molar-refractivity contribution in [1.29, 1.82) is 5.26 Å². The third-order valence-electron chi connectivity index (χ3n) is 9.63. The average Bonchev–Trinajstić information content (AvgIpc) is 3.58. The predicted octanol–water partition coefficient (Wildman–Crippen LogP) is 9.64. The molecule has 0 radical (unpaired) electrons. The molecule has 0 amide bonds. The number of rotatable bonds is 2. The summed E-state index contributed by atoms with van der Waals surface area (Å²) in [6, 6.07) is 26.6. The Morgan fingerprint density at radius 1 is 0.500 bits per heavy atom. The van der Waals surface area contributed by atoms with Crippen molar-refractivity contribution in [2.45, 2.75) is 38.5 Å². The van der Waals surface area contributed by atoms with E-state index in [2.05, 4.69) is 76.5 Å². The maximum Gasteiger partial charge on any atom is 0.140 e. The van der Waals surface area contributed by atoms with Gasteiger partial charge in [0.15, 0.2) is 0 Å². The molecule has 2 aliphatic rings. The van der Waals surface area contributed by atoms with Crippen LogP contribution in [0.1, 0.15) is 44.1 Å². The van der Waals surface area contributed by atoms with Crippen molar-refractivity contribution in [2.24, 2.45) is 0 Å². The number of benzene rings is 5. The van der Waals surface area contributed by atoms with Gasteiger partial charge in [0.05, 0.1) is 5.56 Å². The molecule has 206 valence electrons. The minimum Gasteiger partial charge on any atom is -0.456 e. The lowest BCUT2D eigenvalue weighted by Crippen LogP contribution is -2.29. The van der Waals surface area contributed by atoms with E-state index in [0.29, 0.717) is 16.7 Å². The molecule has 4 heterocycles. The molecule has 0 unspecified atom stereocenters. The molecule has 9 rings (SSSR count). The highest BCUT2D eigenvalue weighted by molar-refractivity contribution is 6.22. The van der Waals surface area contributed by atoms with Gasteiger partial charge in [-0.05, 0) is 109 Å². The summed E-state index contributed by atoms with van der Waals surface area (Å²) in [5.41, 5.74) is 6.15. The molecule has 0 atom stereocenters. The molecule has 0 saturated carbocycles. The van der Waals surface area contributed by atoms with E-state index in [-0.39, 0.29) is 0 Å². The van der Waals surface area contributed by atoms with Crippen molar-refractivity contribution in [2.75, 3.05) is 36.0 Å². The van der Waals surface area contributed by atoms with Crippen LogP contribution in [0.15, 0.2) is 75.6 Å². The summed E-state index contributed by atoms with van der Waals surface area (Å²) in [4.78, 5) is 4.97. The number of fused-ring (bicyclic) bond motifs is 8. The van der Waals surface area contributed by atoms with Gasteiger partial charge < -0.3 is 18.6 Å². The molecule has 5 heteroatoms. The van der Waals surface area contributed by atoms with Crippen molar-refractivity contribution < 1.29 is 8.83 Å². The van der Waals surface area contributed by atoms with E-state index in [9.17, 15) is 5.26 Å². The number of hydrogen-bond donors (Lipinski definition) is 0. The Morgan fingerprint density at radius 2 is 0.976 bits per heavy atom. The largest absolute Gasteiger partial charge is 0.456 e. The van der Waals surface area contributed by atoms with Crippen LogP contribution in [-0.4, -0.2) is 26.2 Å². The first kappa shape index (κ1) is 24.0. The lowest BCUT2D eigenvalue weighted by molar-refractivity contribution is 0.578. The van der Waals surface area contributed by atoms with Crippen LogP contribution >= 0.6 is 0 Å². The molecule has 0 spiro atoms. The van der Waals surface area contributed by atoms with Gasteiger partial charge in [-0.3, -0.25) is 0 Å². The van der Waals surface area contributed by atoms with Crippen LogP contribution in [0.2, 0.25) is 0 Å². The summed E-state index contributed by atoms with van der Waals surface area (Å²) in [6.45, 7) is 4.47. The summed E-state index contributed by atoms with van der Waals surface area (Å²) in [7, 11) is 0. The topological polar surface area (TPSA) is 56.6 Å². The molecule has 2 aromatic heterocycles. The third-order valence-corrected chi connectivity index (χ3v) is 9.63. The minimum absolute atomic E-state index is 0.619. The lowest BCUT2D eigenvalue weighted by Gasteiger charge is -2.29. The first-order chi connectivity index (χ1) is 20.7. The van der Waals surface area contributed by atoms with Gasteiger partial charge in [0.25, 0.3) is 0 Å². The molecule has 0 bridgehead atoms. The van der Waals surface area contributed by atoms with Crippen LogP contribution in [0.3, 0.4) is 0 Å². The van der Waals surface area contributed by atoms with E-state index in [1.165, 1.54) is 49.9 Å². The molecule has 42 heavy (non-hydrogen) atoms. The monoisotopic (exact) mass is 549 g/mol. The Morgan fingerprint density at radius 3 is 1.43 bits per heavy atom. The van der Waals surface area contributed by atoms with Crippen molar-refractivity contribution >= 4 is 76.8 Å². The van der Waals surface area contributed by atoms with Gasteiger partial charge in [-0.15, -0.1) is 0 Å². The highest BCUT2D eigenvalue weighted by Crippen LogP contribution is 2.42. The smallest absolute Gasteiger partial charge is 0.140 e. The van der Waals surface area contributed by atoms with E-state index in [1.54, 1.807) is 0 Å². The van der Waals surface area contributed by atoms with E-state index in [0.717, 1.165) is 80.4 Å². The summed E-state index contributed by atoms with van der Waals surface area (Å²) in [5, 5.41) is 18.8. The van der Waals surface area contributed by atoms with Gasteiger partial charge in [-0.25, -0.2) is 0 Å². The number of nitriles is 1. The molecule has 2 fully saturated rings. The molecular weight excluding hydrogens is 518 g/mol. The fourth-order valence-electron chi connectivity index (χ4n) is 7.46. The molecule has 2 saturated heterocycles. The SMILES string of the molecule is N#Cc1c2c(cc3oc4cc5cc(N6CCCCC6)ccc5cc4c13)oc1cc3cc(N4CCCCC4)ccc3cc12. The van der Waals surface area contributed by atoms with Gasteiger partial charge in [-0.2, -0.15) is 5.26 Å². The van der Waals surface area contributed by atoms with Crippen molar-refractivity contribution in [3.05, 3.63) is 72.3 Å². The van der Waals surface area contributed by atoms with E-state index >= 15 is 0 Å². The summed E-state index contributed by atoms with van der Waals surface area (Å²) in [5.74, 6) is 0. The minimum atomic E-state index is 0.619. The summed E-state index contributed by atoms with van der Waals surface area (Å²) in [6.07, 6.45) is 7.65. The number of anilines is 2. The Hall–Kier alpha value is -4.69. The predicted molar refractivity (Wildman–Crippen MR) is 173 cm³/mol. The third kappa shape index (κ3) is 3.61. The van der Waals surface area contributed by atoms with Crippen LogP contribution in [0, 0.1) is 11.3 Å². The van der Waals surface area contributed by atoms with Crippen molar-refractivity contribution in [1.82, 2.24) is 0 Å². The first-order valence-electron chi connectivity index (χ1n) is 15.4. The van der Waals surface area contributed by atoms with Gasteiger partial charge in [0, 0.05) is 65.2 Å². The number of piperidine rings is 2. The zero-order chi connectivity index (χ0) is 27.8. The Kier molecular flexibility index (Phi) is 5.22. The molecular formula is C37H31N3O2. The van der Waals surface area contributed by atoms with Gasteiger partial charge >= 0.3 is 0 Å². The van der Waals surface area contributed by atoms with Gasteiger partial charge in [0.2, 0.25) is 0 Å². The van der Waals surface area contributed by atoms with Gasteiger partial charge in [0.1, 0.15) is 28.4 Å². The molecule has 5 nitrogen and oxygen atoms in total. The zero-order valence-corrected chi connectivity index (χ0v) is 23.6. The van der Waals surface area contributed by atoms with Crippen LogP contribution in [0.25, 0.3) is 65.4 Å². The summed E-state index contributed by atoms with van der Waals surface area (Å²) < 4.78 is 12.8. The fourth-order valence-corrected chi connectivity index (χ4v) is 7.46. The zero-order valence-electron chi connectivity index (χ0n) is 23.6. The fraction of sp³-hybridized carbons (Fsp3) is 0.270. The Labute approximate surface area is 243 Å². The molecule has 0 N–H and O–H groups in total. The van der Waals surface area contributed by atoms with E-state index in [1.807, 2.05) is 6.07 Å². The maximum atomic E-state index is 10.5. The Balaban J connectivity index is 1.22. The second-order valence-corrected chi connectivity index (χ2v) is 12.2. The van der Waals surface area contributed by atoms with Crippen LogP contribution in [0.4, 0.5) is 11.4 Å². The van der Waals surface area contributed by atoms with Gasteiger partial charge in [-0.1, -0.05) is 12.1 Å². The molecule has 7 aromatic rings. The quantitative estimate of drug-likeness (QED) is 0.215. The Bertz CT molecular complexity index is 2090. The van der Waals surface area contributed by atoms with Crippen LogP contribution in [-0.2, 0) is 0 Å². The van der Waals surface area contributed by atoms with E-state index < -0.39 is 0 Å². The summed E-state index contributed by atoms with van der Waals surface area (Å²) >= 11 is 0. The van der Waals surface area contributed by atoms with Crippen LogP contribution < -0.4 is 9.80 Å². The highest BCUT2D eigenvalue weighted by Gasteiger charge is 2.21. The van der Waals surface area contributed by atoms with E-state index in [4.69, 9.17) is 8.83 Å². The van der Waals surface area contributed by atoms with Crippen molar-refractivity contribution in [3.8, 4) is 6.07 Å². The first-order valence-corrected chi connectivity index (χ1v) is 15.4. The number of furan rings is 2. The lowest BCUT2D eigenvalue weighted by atomic mass is 9.98. The average molecular weight is 550 g/mol. The maximum absolute atomic E-state index is 10.5. The highest BCUT2D eigenvalue weighted by atomic mass is 16.3.